The molecule has 186 valence electrons. The van der Waals surface area contributed by atoms with E-state index in [0.29, 0.717) is 11.8 Å². The molecule has 0 spiro atoms. The average molecular weight is 477 g/mol. The highest BCUT2D eigenvalue weighted by Crippen LogP contribution is 2.30. The fourth-order valence-electron chi connectivity index (χ4n) is 5.28. The van der Waals surface area contributed by atoms with E-state index in [1.165, 1.54) is 46.2 Å². The van der Waals surface area contributed by atoms with Gasteiger partial charge in [-0.25, -0.2) is 0 Å². The number of benzene rings is 4. The van der Waals surface area contributed by atoms with Crippen molar-refractivity contribution in [3.8, 4) is 0 Å². The van der Waals surface area contributed by atoms with Crippen LogP contribution in [0.25, 0.3) is 0 Å². The summed E-state index contributed by atoms with van der Waals surface area (Å²) >= 11 is 0. The third-order valence-electron chi connectivity index (χ3n) is 7.44. The standard InChI is InChI=1S/C34H40N2/c1-3-33(29-17-21-31(35)22-18-29)27-13-9-25(10-14-27)7-5-6-8-26-11-15-28(16-12-26)34(4-2)30-19-23-32(36)24-20-30/h9-24,33-34H,3-8,35-36H2,1-2H3. The monoisotopic (exact) mass is 476 g/mol. The van der Waals surface area contributed by atoms with Gasteiger partial charge in [-0.2, -0.15) is 0 Å². The van der Waals surface area contributed by atoms with Crippen LogP contribution in [-0.2, 0) is 12.8 Å². The summed E-state index contributed by atoms with van der Waals surface area (Å²) in [6.07, 6.45) is 6.85. The molecule has 0 radical (unpaired) electrons. The van der Waals surface area contributed by atoms with Crippen molar-refractivity contribution in [2.75, 3.05) is 11.5 Å². The van der Waals surface area contributed by atoms with E-state index in [-0.39, 0.29) is 0 Å². The SMILES string of the molecule is CCC(c1ccc(N)cc1)c1ccc(CCCCc2ccc(C(CC)c3ccc(N)cc3)cc2)cc1. The van der Waals surface area contributed by atoms with Gasteiger partial charge in [0.15, 0.2) is 0 Å². The first-order valence-corrected chi connectivity index (χ1v) is 13.5. The van der Waals surface area contributed by atoms with Crippen molar-refractivity contribution in [3.05, 3.63) is 130 Å². The van der Waals surface area contributed by atoms with Crippen molar-refractivity contribution in [2.24, 2.45) is 0 Å². The molecule has 4 rings (SSSR count). The van der Waals surface area contributed by atoms with Crippen molar-refractivity contribution in [1.82, 2.24) is 0 Å². The Morgan fingerprint density at radius 3 is 1.00 bits per heavy atom. The number of hydrogen-bond acceptors (Lipinski definition) is 2. The molecular formula is C34H40N2. The Labute approximate surface area is 217 Å². The van der Waals surface area contributed by atoms with Gasteiger partial charge in [-0.1, -0.05) is 86.6 Å². The zero-order valence-corrected chi connectivity index (χ0v) is 21.8. The fourth-order valence-corrected chi connectivity index (χ4v) is 5.28. The van der Waals surface area contributed by atoms with Crippen LogP contribution >= 0.6 is 0 Å². The molecule has 0 aromatic heterocycles. The molecule has 2 heteroatoms. The minimum absolute atomic E-state index is 0.426. The summed E-state index contributed by atoms with van der Waals surface area (Å²) in [5, 5.41) is 0. The van der Waals surface area contributed by atoms with E-state index in [4.69, 9.17) is 11.5 Å². The second-order valence-corrected chi connectivity index (χ2v) is 9.95. The summed E-state index contributed by atoms with van der Waals surface area (Å²) in [6.45, 7) is 4.50. The molecule has 0 aliphatic heterocycles. The predicted molar refractivity (Wildman–Crippen MR) is 156 cm³/mol. The second-order valence-electron chi connectivity index (χ2n) is 9.95. The molecule has 0 amide bonds. The van der Waals surface area contributed by atoms with Gasteiger partial charge in [-0.3, -0.25) is 0 Å². The molecule has 0 aliphatic rings. The van der Waals surface area contributed by atoms with Crippen LogP contribution < -0.4 is 11.5 Å². The normalized spacial score (nSPS) is 12.8. The molecule has 0 bridgehead atoms. The fraction of sp³-hybridized carbons (Fsp3) is 0.294. The highest BCUT2D eigenvalue weighted by molar-refractivity contribution is 5.44. The van der Waals surface area contributed by atoms with Crippen LogP contribution in [0, 0.1) is 0 Å². The highest BCUT2D eigenvalue weighted by atomic mass is 14.5. The van der Waals surface area contributed by atoms with Gasteiger partial charge in [0.1, 0.15) is 0 Å². The summed E-state index contributed by atoms with van der Waals surface area (Å²) in [4.78, 5) is 0. The second kappa shape index (κ2) is 12.4. The number of nitrogen functional groups attached to an aromatic ring is 2. The Hall–Kier alpha value is -3.52. The van der Waals surface area contributed by atoms with E-state index in [9.17, 15) is 0 Å². The predicted octanol–water partition coefficient (Wildman–Crippen LogP) is 8.50. The molecule has 4 aromatic rings. The molecule has 0 saturated carbocycles. The van der Waals surface area contributed by atoms with Crippen LogP contribution in [0.1, 0.15) is 84.7 Å². The zero-order valence-electron chi connectivity index (χ0n) is 21.8. The van der Waals surface area contributed by atoms with Crippen LogP contribution in [0.2, 0.25) is 0 Å². The number of nitrogens with two attached hydrogens (primary N) is 2. The summed E-state index contributed by atoms with van der Waals surface area (Å²) in [5.41, 5.74) is 21.7. The molecule has 0 fully saturated rings. The van der Waals surface area contributed by atoms with Crippen molar-refractivity contribution in [1.29, 1.82) is 0 Å². The van der Waals surface area contributed by atoms with E-state index in [0.717, 1.165) is 37.1 Å². The van der Waals surface area contributed by atoms with Crippen LogP contribution in [0.15, 0.2) is 97.1 Å². The van der Waals surface area contributed by atoms with Crippen LogP contribution in [0.5, 0.6) is 0 Å². The molecule has 0 saturated heterocycles. The molecule has 2 nitrogen and oxygen atoms in total. The van der Waals surface area contributed by atoms with Gasteiger partial charge < -0.3 is 11.5 Å². The minimum atomic E-state index is 0.426. The number of hydrogen-bond donors (Lipinski definition) is 2. The average Bonchev–Trinajstić information content (AvgIpc) is 2.91. The van der Waals surface area contributed by atoms with Crippen LogP contribution in [-0.4, -0.2) is 0 Å². The topological polar surface area (TPSA) is 52.0 Å². The lowest BCUT2D eigenvalue weighted by molar-refractivity contribution is 0.731. The lowest BCUT2D eigenvalue weighted by atomic mass is 9.88. The van der Waals surface area contributed by atoms with Crippen LogP contribution in [0.3, 0.4) is 0 Å². The molecule has 36 heavy (non-hydrogen) atoms. The Morgan fingerprint density at radius 2 is 0.722 bits per heavy atom. The molecule has 4 aromatic carbocycles. The number of rotatable bonds is 11. The zero-order chi connectivity index (χ0) is 25.3. The third-order valence-corrected chi connectivity index (χ3v) is 7.44. The molecule has 2 atom stereocenters. The lowest BCUT2D eigenvalue weighted by Gasteiger charge is -2.17. The van der Waals surface area contributed by atoms with Crippen molar-refractivity contribution in [2.45, 2.75) is 64.2 Å². The summed E-state index contributed by atoms with van der Waals surface area (Å²) < 4.78 is 0. The Bertz CT molecular complexity index is 1090. The maximum absolute atomic E-state index is 5.87. The summed E-state index contributed by atoms with van der Waals surface area (Å²) in [7, 11) is 0. The van der Waals surface area contributed by atoms with Gasteiger partial charge in [-0.15, -0.1) is 0 Å². The van der Waals surface area contributed by atoms with Crippen molar-refractivity contribution < 1.29 is 0 Å². The minimum Gasteiger partial charge on any atom is -0.399 e. The summed E-state index contributed by atoms with van der Waals surface area (Å²) in [6, 6.07) is 35.1. The van der Waals surface area contributed by atoms with Gasteiger partial charge in [0.25, 0.3) is 0 Å². The molecule has 0 aliphatic carbocycles. The first kappa shape index (κ1) is 25.6. The third kappa shape index (κ3) is 6.57. The first-order chi connectivity index (χ1) is 17.6. The van der Waals surface area contributed by atoms with E-state index in [1.54, 1.807) is 0 Å². The Kier molecular flexibility index (Phi) is 8.84. The van der Waals surface area contributed by atoms with Gasteiger partial charge in [0.2, 0.25) is 0 Å². The molecular weight excluding hydrogens is 436 g/mol. The van der Waals surface area contributed by atoms with Crippen molar-refractivity contribution in [3.63, 3.8) is 0 Å². The maximum Gasteiger partial charge on any atom is 0.0314 e. The van der Waals surface area contributed by atoms with Gasteiger partial charge in [0, 0.05) is 23.2 Å². The first-order valence-electron chi connectivity index (χ1n) is 13.5. The largest absolute Gasteiger partial charge is 0.399 e. The molecule has 0 heterocycles. The maximum atomic E-state index is 5.87. The van der Waals surface area contributed by atoms with E-state index < -0.39 is 0 Å². The molecule has 4 N–H and O–H groups in total. The smallest absolute Gasteiger partial charge is 0.0314 e. The Morgan fingerprint density at radius 1 is 0.444 bits per heavy atom. The summed E-state index contributed by atoms with van der Waals surface area (Å²) in [5.74, 6) is 0.852. The van der Waals surface area contributed by atoms with Gasteiger partial charge in [0.05, 0.1) is 0 Å². The lowest BCUT2D eigenvalue weighted by Crippen LogP contribution is -2.01. The number of unbranched alkanes of at least 4 members (excludes halogenated alkanes) is 1. The van der Waals surface area contributed by atoms with E-state index >= 15 is 0 Å². The molecule has 2 unspecified atom stereocenters. The number of aryl methyl sites for hydroxylation is 2. The van der Waals surface area contributed by atoms with E-state index in [2.05, 4.69) is 86.6 Å². The van der Waals surface area contributed by atoms with Gasteiger partial charge >= 0.3 is 0 Å². The van der Waals surface area contributed by atoms with Gasteiger partial charge in [-0.05, 0) is 96.2 Å². The van der Waals surface area contributed by atoms with Crippen molar-refractivity contribution >= 4 is 11.4 Å². The van der Waals surface area contributed by atoms with Crippen LogP contribution in [0.4, 0.5) is 11.4 Å². The highest BCUT2D eigenvalue weighted by Gasteiger charge is 2.13. The Balaban J connectivity index is 1.27. The quantitative estimate of drug-likeness (QED) is 0.168. The van der Waals surface area contributed by atoms with E-state index in [1.807, 2.05) is 24.3 Å². The number of anilines is 2.